The fraction of sp³-hybridized carbons (Fsp3) is 0.565. The predicted molar refractivity (Wildman–Crippen MR) is 116 cm³/mol. The average Bonchev–Trinajstić information content (AvgIpc) is 2.74. The number of anilines is 2. The van der Waals surface area contributed by atoms with Crippen molar-refractivity contribution in [2.45, 2.75) is 65.6 Å². The van der Waals surface area contributed by atoms with Crippen LogP contribution in [0, 0.1) is 12.8 Å². The summed E-state index contributed by atoms with van der Waals surface area (Å²) in [7, 11) is 1.67. The Morgan fingerprint density at radius 3 is 2.52 bits per heavy atom. The second-order valence-corrected chi connectivity index (χ2v) is 8.39. The molecule has 0 saturated heterocycles. The molecule has 1 aliphatic heterocycles. The van der Waals surface area contributed by atoms with E-state index >= 15 is 0 Å². The first-order valence-corrected chi connectivity index (χ1v) is 10.8. The molecule has 0 radical (unpaired) electrons. The smallest absolute Gasteiger partial charge is 0.259 e. The van der Waals surface area contributed by atoms with E-state index in [4.69, 9.17) is 9.72 Å². The van der Waals surface area contributed by atoms with E-state index in [9.17, 15) is 4.79 Å². The van der Waals surface area contributed by atoms with Crippen LogP contribution >= 0.6 is 0 Å². The summed E-state index contributed by atoms with van der Waals surface area (Å²) in [4.78, 5) is 22.8. The van der Waals surface area contributed by atoms with Crippen molar-refractivity contribution in [1.82, 2.24) is 14.5 Å². The van der Waals surface area contributed by atoms with Crippen molar-refractivity contribution >= 4 is 11.6 Å². The highest BCUT2D eigenvalue weighted by atomic mass is 16.5. The fourth-order valence-electron chi connectivity index (χ4n) is 4.91. The van der Waals surface area contributed by atoms with Crippen LogP contribution in [0.2, 0.25) is 0 Å². The van der Waals surface area contributed by atoms with Crippen molar-refractivity contribution in [2.24, 2.45) is 5.92 Å². The third kappa shape index (κ3) is 3.66. The van der Waals surface area contributed by atoms with Crippen molar-refractivity contribution < 1.29 is 4.74 Å². The van der Waals surface area contributed by atoms with Gasteiger partial charge in [0.15, 0.2) is 0 Å². The molecule has 0 bridgehead atoms. The molecule has 29 heavy (non-hydrogen) atoms. The van der Waals surface area contributed by atoms with Crippen molar-refractivity contribution in [2.75, 3.05) is 18.7 Å². The molecule has 2 unspecified atom stereocenters. The number of hydrogen-bond donors (Lipinski definition) is 0. The van der Waals surface area contributed by atoms with E-state index in [1.165, 1.54) is 25.7 Å². The Kier molecular flexibility index (Phi) is 5.63. The Balaban J connectivity index is 1.80. The van der Waals surface area contributed by atoms with Crippen molar-refractivity contribution in [3.8, 4) is 5.75 Å². The van der Waals surface area contributed by atoms with E-state index in [0.29, 0.717) is 25.0 Å². The highest BCUT2D eigenvalue weighted by molar-refractivity contribution is 5.59. The molecule has 1 aromatic carbocycles. The van der Waals surface area contributed by atoms with Gasteiger partial charge in [-0.05, 0) is 56.4 Å². The third-order valence-electron chi connectivity index (χ3n) is 6.61. The van der Waals surface area contributed by atoms with Gasteiger partial charge in [-0.3, -0.25) is 19.2 Å². The maximum atomic E-state index is 13.3. The zero-order chi connectivity index (χ0) is 20.5. The van der Waals surface area contributed by atoms with Crippen LogP contribution in [0.15, 0.2) is 29.1 Å². The van der Waals surface area contributed by atoms with Gasteiger partial charge < -0.3 is 4.74 Å². The molecule has 1 aromatic heterocycles. The molecule has 1 saturated carbocycles. The van der Waals surface area contributed by atoms with Gasteiger partial charge in [-0.1, -0.05) is 26.7 Å². The van der Waals surface area contributed by atoms with Crippen LogP contribution in [0.25, 0.3) is 0 Å². The molecule has 2 aromatic rings. The van der Waals surface area contributed by atoms with Crippen molar-refractivity contribution in [1.29, 1.82) is 0 Å². The Labute approximate surface area is 173 Å². The molecule has 4 rings (SSSR count). The lowest BCUT2D eigenvalue weighted by molar-refractivity contribution is 0.0723. The molecular weight excluding hydrogens is 364 g/mol. The predicted octanol–water partition coefficient (Wildman–Crippen LogP) is 4.07. The molecule has 2 atom stereocenters. The normalized spacial score (nSPS) is 22.4. The molecule has 1 fully saturated rings. The largest absolute Gasteiger partial charge is 0.497 e. The van der Waals surface area contributed by atoms with Crippen molar-refractivity contribution in [3.63, 3.8) is 0 Å². The Morgan fingerprint density at radius 1 is 1.14 bits per heavy atom. The number of rotatable bonds is 4. The number of benzene rings is 1. The molecule has 0 N–H and O–H groups in total. The quantitative estimate of drug-likeness (QED) is 0.780. The van der Waals surface area contributed by atoms with Gasteiger partial charge in [0.25, 0.3) is 5.56 Å². The fourth-order valence-corrected chi connectivity index (χ4v) is 4.91. The van der Waals surface area contributed by atoms with E-state index in [-0.39, 0.29) is 5.56 Å². The van der Waals surface area contributed by atoms with Gasteiger partial charge >= 0.3 is 0 Å². The molecule has 0 spiro atoms. The maximum absolute atomic E-state index is 13.3. The van der Waals surface area contributed by atoms with Crippen LogP contribution in [-0.2, 0) is 13.1 Å². The van der Waals surface area contributed by atoms with Gasteiger partial charge in [0.1, 0.15) is 5.75 Å². The number of ether oxygens (including phenoxy) is 1. The minimum atomic E-state index is 0.0988. The molecule has 1 aliphatic carbocycles. The molecular formula is C23H32N4O2. The zero-order valence-electron chi connectivity index (χ0n) is 18.0. The van der Waals surface area contributed by atoms with Crippen LogP contribution in [0.1, 0.15) is 50.8 Å². The SMILES string of the molecule is CCc1c(C)nc2n(c1=O)CN(C1CCCCC1C)CN2c1ccc(OC)cc1. The van der Waals surface area contributed by atoms with Crippen LogP contribution in [0.5, 0.6) is 5.75 Å². The van der Waals surface area contributed by atoms with E-state index in [0.717, 1.165) is 35.3 Å². The summed E-state index contributed by atoms with van der Waals surface area (Å²) in [6.07, 6.45) is 5.74. The molecule has 2 heterocycles. The second-order valence-electron chi connectivity index (χ2n) is 8.39. The van der Waals surface area contributed by atoms with Gasteiger partial charge in [0.05, 0.1) is 20.4 Å². The van der Waals surface area contributed by atoms with Gasteiger partial charge in [0.2, 0.25) is 5.95 Å². The molecule has 6 heteroatoms. The van der Waals surface area contributed by atoms with Crippen LogP contribution in [0.4, 0.5) is 11.6 Å². The molecule has 2 aliphatic rings. The Morgan fingerprint density at radius 2 is 1.86 bits per heavy atom. The summed E-state index contributed by atoms with van der Waals surface area (Å²) < 4.78 is 7.20. The lowest BCUT2D eigenvalue weighted by atomic mass is 9.85. The number of aryl methyl sites for hydroxylation is 1. The van der Waals surface area contributed by atoms with E-state index < -0.39 is 0 Å². The summed E-state index contributed by atoms with van der Waals surface area (Å²) in [5, 5.41) is 0. The number of methoxy groups -OCH3 is 1. The standard InChI is InChI=1S/C23H32N4O2/c1-5-20-17(3)24-23-26(18-10-12-19(29-4)13-11-18)14-25(15-27(23)22(20)28)21-9-7-6-8-16(21)2/h10-13,16,21H,5-9,14-15H2,1-4H3. The molecule has 6 nitrogen and oxygen atoms in total. The lowest BCUT2D eigenvalue weighted by Gasteiger charge is -2.45. The number of nitrogens with zero attached hydrogens (tertiary/aromatic N) is 4. The topological polar surface area (TPSA) is 50.6 Å². The Bertz CT molecular complexity index is 922. The highest BCUT2D eigenvalue weighted by Gasteiger charge is 2.34. The summed E-state index contributed by atoms with van der Waals surface area (Å²) in [6, 6.07) is 8.52. The average molecular weight is 397 g/mol. The molecule has 156 valence electrons. The number of hydrogen-bond acceptors (Lipinski definition) is 5. The van der Waals surface area contributed by atoms with Gasteiger partial charge in [0, 0.05) is 23.0 Å². The summed E-state index contributed by atoms with van der Waals surface area (Å²) in [5.41, 5.74) is 2.79. The first kappa shape index (κ1) is 20.0. The Hall–Kier alpha value is -2.34. The minimum Gasteiger partial charge on any atom is -0.497 e. The molecule has 0 amide bonds. The van der Waals surface area contributed by atoms with Crippen molar-refractivity contribution in [3.05, 3.63) is 45.9 Å². The monoisotopic (exact) mass is 396 g/mol. The van der Waals surface area contributed by atoms with Crippen LogP contribution < -0.4 is 15.2 Å². The first-order chi connectivity index (χ1) is 14.0. The lowest BCUT2D eigenvalue weighted by Crippen LogP contribution is -2.53. The number of aromatic nitrogens is 2. The van der Waals surface area contributed by atoms with Gasteiger partial charge in [-0.2, -0.15) is 0 Å². The van der Waals surface area contributed by atoms with Gasteiger partial charge in [-0.25, -0.2) is 4.98 Å². The highest BCUT2D eigenvalue weighted by Crippen LogP contribution is 2.34. The van der Waals surface area contributed by atoms with E-state index in [1.54, 1.807) is 7.11 Å². The van der Waals surface area contributed by atoms with Gasteiger partial charge in [-0.15, -0.1) is 0 Å². The van der Waals surface area contributed by atoms with Crippen LogP contribution in [-0.4, -0.2) is 34.3 Å². The van der Waals surface area contributed by atoms with E-state index in [2.05, 4.69) is 16.7 Å². The first-order valence-electron chi connectivity index (χ1n) is 10.8. The van der Waals surface area contributed by atoms with Crippen LogP contribution in [0.3, 0.4) is 0 Å². The summed E-state index contributed by atoms with van der Waals surface area (Å²) in [5.74, 6) is 2.21. The summed E-state index contributed by atoms with van der Waals surface area (Å²) >= 11 is 0. The minimum absolute atomic E-state index is 0.0988. The van der Waals surface area contributed by atoms with E-state index in [1.807, 2.05) is 42.7 Å². The summed E-state index contributed by atoms with van der Waals surface area (Å²) in [6.45, 7) is 7.70. The third-order valence-corrected chi connectivity index (χ3v) is 6.61. The second kappa shape index (κ2) is 8.19. The maximum Gasteiger partial charge on any atom is 0.259 e. The number of fused-ring (bicyclic) bond motifs is 1. The zero-order valence-corrected chi connectivity index (χ0v) is 18.0.